The summed E-state index contributed by atoms with van der Waals surface area (Å²) in [5.41, 5.74) is 1.59. The molecular weight excluding hydrogens is 338 g/mol. The van der Waals surface area contributed by atoms with Gasteiger partial charge in [0.1, 0.15) is 0 Å². The highest BCUT2D eigenvalue weighted by atomic mass is 32.2. The van der Waals surface area contributed by atoms with Gasteiger partial charge in [-0.1, -0.05) is 30.3 Å². The molecule has 1 aromatic heterocycles. The molecule has 0 spiro atoms. The Balaban J connectivity index is 1.55. The predicted molar refractivity (Wildman–Crippen MR) is 95.6 cm³/mol. The van der Waals surface area contributed by atoms with Gasteiger partial charge < -0.3 is 4.90 Å². The van der Waals surface area contributed by atoms with Crippen molar-refractivity contribution < 1.29 is 13.2 Å². The smallest absolute Gasteiger partial charge is 0.254 e. The van der Waals surface area contributed by atoms with Crippen molar-refractivity contribution in [3.05, 3.63) is 66.0 Å². The van der Waals surface area contributed by atoms with Crippen LogP contribution in [0, 0.1) is 0 Å². The minimum absolute atomic E-state index is 0.0799. The van der Waals surface area contributed by atoms with E-state index in [1.807, 2.05) is 30.3 Å². The Morgan fingerprint density at radius 1 is 0.960 bits per heavy atom. The molecule has 0 N–H and O–H groups in total. The van der Waals surface area contributed by atoms with Crippen LogP contribution in [-0.4, -0.2) is 60.4 Å². The molecule has 0 radical (unpaired) electrons. The number of piperazine rings is 1. The fraction of sp³-hybridized carbons (Fsp3) is 0.333. The van der Waals surface area contributed by atoms with E-state index in [9.17, 15) is 13.2 Å². The lowest BCUT2D eigenvalue weighted by molar-refractivity contribution is 0.0698. The summed E-state index contributed by atoms with van der Waals surface area (Å²) in [4.78, 5) is 18.0. The number of aryl methyl sites for hydroxylation is 1. The zero-order valence-corrected chi connectivity index (χ0v) is 14.7. The summed E-state index contributed by atoms with van der Waals surface area (Å²) < 4.78 is 26.5. The maximum absolute atomic E-state index is 12.5. The van der Waals surface area contributed by atoms with Crippen molar-refractivity contribution in [2.24, 2.45) is 0 Å². The maximum atomic E-state index is 12.5. The fourth-order valence-electron chi connectivity index (χ4n) is 2.87. The molecule has 1 aliphatic rings. The van der Waals surface area contributed by atoms with E-state index in [0.717, 1.165) is 5.56 Å². The minimum atomic E-state index is -3.31. The second-order valence-corrected chi connectivity index (χ2v) is 8.07. The van der Waals surface area contributed by atoms with Crippen LogP contribution in [0.25, 0.3) is 0 Å². The van der Waals surface area contributed by atoms with Crippen LogP contribution in [0.2, 0.25) is 0 Å². The van der Waals surface area contributed by atoms with E-state index in [2.05, 4.69) is 4.98 Å². The molecule has 0 atom stereocenters. The van der Waals surface area contributed by atoms with E-state index < -0.39 is 10.0 Å². The average Bonchev–Trinajstić information content (AvgIpc) is 2.67. The first-order valence-electron chi connectivity index (χ1n) is 8.27. The van der Waals surface area contributed by atoms with Crippen molar-refractivity contribution in [2.75, 3.05) is 31.9 Å². The number of rotatable bonds is 5. The number of carbonyl (C=O) groups excluding carboxylic acids is 1. The van der Waals surface area contributed by atoms with E-state index in [0.29, 0.717) is 38.2 Å². The zero-order chi connectivity index (χ0) is 17.7. The molecule has 1 saturated heterocycles. The van der Waals surface area contributed by atoms with Crippen molar-refractivity contribution in [1.29, 1.82) is 0 Å². The molecular formula is C18H21N3O3S. The first-order chi connectivity index (χ1) is 12.1. The Kier molecular flexibility index (Phi) is 5.45. The van der Waals surface area contributed by atoms with Crippen molar-refractivity contribution in [3.8, 4) is 0 Å². The summed E-state index contributed by atoms with van der Waals surface area (Å²) in [6.07, 6.45) is 3.66. The summed E-state index contributed by atoms with van der Waals surface area (Å²) in [5, 5.41) is 0. The summed E-state index contributed by atoms with van der Waals surface area (Å²) in [6.45, 7) is 1.50. The summed E-state index contributed by atoms with van der Waals surface area (Å²) in [6, 6.07) is 12.9. The minimum Gasteiger partial charge on any atom is -0.336 e. The van der Waals surface area contributed by atoms with Crippen LogP contribution in [0.3, 0.4) is 0 Å². The highest BCUT2D eigenvalue weighted by Crippen LogP contribution is 2.13. The molecule has 132 valence electrons. The Hall–Kier alpha value is -2.25. The average molecular weight is 359 g/mol. The molecule has 1 aliphatic heterocycles. The van der Waals surface area contributed by atoms with Crippen LogP contribution in [0.4, 0.5) is 0 Å². The highest BCUT2D eigenvalue weighted by molar-refractivity contribution is 7.89. The van der Waals surface area contributed by atoms with Crippen molar-refractivity contribution in [3.63, 3.8) is 0 Å². The summed E-state index contributed by atoms with van der Waals surface area (Å²) >= 11 is 0. The largest absolute Gasteiger partial charge is 0.336 e. The first kappa shape index (κ1) is 17.6. The lowest BCUT2D eigenvalue weighted by atomic mass is 10.2. The number of carbonyl (C=O) groups is 1. The molecule has 0 aliphatic carbocycles. The van der Waals surface area contributed by atoms with Crippen LogP contribution in [-0.2, 0) is 16.4 Å². The van der Waals surface area contributed by atoms with Crippen molar-refractivity contribution in [1.82, 2.24) is 14.2 Å². The normalized spacial score (nSPS) is 15.9. The van der Waals surface area contributed by atoms with E-state index in [4.69, 9.17) is 0 Å². The molecule has 1 fully saturated rings. The first-order valence-corrected chi connectivity index (χ1v) is 9.88. The molecule has 0 unspecified atom stereocenters. The second-order valence-electron chi connectivity index (χ2n) is 5.98. The van der Waals surface area contributed by atoms with Gasteiger partial charge in [0.2, 0.25) is 10.0 Å². The third-order valence-corrected chi connectivity index (χ3v) is 6.21. The highest BCUT2D eigenvalue weighted by Gasteiger charge is 2.28. The topological polar surface area (TPSA) is 70.6 Å². The van der Waals surface area contributed by atoms with E-state index in [1.54, 1.807) is 29.4 Å². The Labute approximate surface area is 148 Å². The second kappa shape index (κ2) is 7.76. The van der Waals surface area contributed by atoms with Crippen molar-refractivity contribution in [2.45, 2.75) is 6.42 Å². The maximum Gasteiger partial charge on any atom is 0.254 e. The third kappa shape index (κ3) is 4.43. The molecule has 1 amide bonds. The lowest BCUT2D eigenvalue weighted by Gasteiger charge is -2.34. The quantitative estimate of drug-likeness (QED) is 0.809. The summed E-state index contributed by atoms with van der Waals surface area (Å²) in [7, 11) is -3.31. The molecule has 1 aromatic carbocycles. The Bertz CT molecular complexity index is 802. The van der Waals surface area contributed by atoms with Gasteiger partial charge in [0, 0.05) is 44.1 Å². The lowest BCUT2D eigenvalue weighted by Crippen LogP contribution is -2.51. The summed E-state index contributed by atoms with van der Waals surface area (Å²) in [5.74, 6) is 0.0127. The van der Waals surface area contributed by atoms with Gasteiger partial charge in [0.15, 0.2) is 0 Å². The molecule has 7 heteroatoms. The van der Waals surface area contributed by atoms with Crippen LogP contribution >= 0.6 is 0 Å². The Morgan fingerprint density at radius 3 is 2.24 bits per heavy atom. The molecule has 25 heavy (non-hydrogen) atoms. The van der Waals surface area contributed by atoms with Crippen LogP contribution in [0.15, 0.2) is 54.9 Å². The monoisotopic (exact) mass is 359 g/mol. The number of amides is 1. The van der Waals surface area contributed by atoms with Crippen LogP contribution < -0.4 is 0 Å². The van der Waals surface area contributed by atoms with Crippen LogP contribution in [0.1, 0.15) is 15.9 Å². The van der Waals surface area contributed by atoms with E-state index in [-0.39, 0.29) is 11.7 Å². The number of hydrogen-bond acceptors (Lipinski definition) is 4. The third-order valence-electron chi connectivity index (χ3n) is 4.34. The van der Waals surface area contributed by atoms with Gasteiger partial charge >= 0.3 is 0 Å². The Morgan fingerprint density at radius 2 is 1.60 bits per heavy atom. The van der Waals surface area contributed by atoms with Gasteiger partial charge in [-0.3, -0.25) is 9.78 Å². The van der Waals surface area contributed by atoms with Gasteiger partial charge in [0.05, 0.1) is 5.75 Å². The van der Waals surface area contributed by atoms with Crippen molar-refractivity contribution >= 4 is 15.9 Å². The molecule has 3 rings (SSSR count). The molecule has 2 heterocycles. The van der Waals surface area contributed by atoms with Gasteiger partial charge in [-0.25, -0.2) is 8.42 Å². The number of sulfonamides is 1. The number of hydrogen-bond donors (Lipinski definition) is 0. The van der Waals surface area contributed by atoms with Gasteiger partial charge in [-0.05, 0) is 24.1 Å². The molecule has 6 nitrogen and oxygen atoms in total. The van der Waals surface area contributed by atoms with Gasteiger partial charge in [-0.2, -0.15) is 4.31 Å². The van der Waals surface area contributed by atoms with Crippen LogP contribution in [0.5, 0.6) is 0 Å². The fourth-order valence-corrected chi connectivity index (χ4v) is 4.34. The number of pyridine rings is 1. The predicted octanol–water partition coefficient (Wildman–Crippen LogP) is 1.41. The van der Waals surface area contributed by atoms with E-state index >= 15 is 0 Å². The SMILES string of the molecule is O=C(c1ccncc1)N1CCN(S(=O)(=O)CCc2ccccc2)CC1. The number of nitrogens with zero attached hydrogens (tertiary/aromatic N) is 3. The molecule has 0 bridgehead atoms. The zero-order valence-electron chi connectivity index (χ0n) is 13.9. The van der Waals surface area contributed by atoms with Gasteiger partial charge in [-0.15, -0.1) is 0 Å². The number of benzene rings is 1. The molecule has 0 saturated carbocycles. The van der Waals surface area contributed by atoms with E-state index in [1.165, 1.54) is 4.31 Å². The number of aromatic nitrogens is 1. The standard InChI is InChI=1S/C18H21N3O3S/c22-18(17-6-9-19-10-7-17)20-11-13-21(14-12-20)25(23,24)15-8-16-4-2-1-3-5-16/h1-7,9-10H,8,11-15H2. The molecule has 2 aromatic rings. The van der Waals surface area contributed by atoms with Gasteiger partial charge in [0.25, 0.3) is 5.91 Å².